The first kappa shape index (κ1) is 27.2. The van der Waals surface area contributed by atoms with Gasteiger partial charge in [-0.3, -0.25) is 0 Å². The molecule has 0 aliphatic heterocycles. The summed E-state index contributed by atoms with van der Waals surface area (Å²) in [6.07, 6.45) is 15.4. The van der Waals surface area contributed by atoms with Crippen LogP contribution in [0.4, 0.5) is 0 Å². The van der Waals surface area contributed by atoms with Crippen LogP contribution < -0.4 is 0 Å². The SMILES string of the molecule is C.CC.CCCCCCCCC12CC=Cc3c1c(c1ccccc1c3C)-c1c2cc(C)c2ccccc12. The van der Waals surface area contributed by atoms with Gasteiger partial charge in [0.25, 0.3) is 0 Å². The van der Waals surface area contributed by atoms with Gasteiger partial charge in [-0.2, -0.15) is 0 Å². The molecule has 0 saturated carbocycles. The van der Waals surface area contributed by atoms with E-state index in [1.165, 1.54) is 94.3 Å². The number of hydrogen-bond acceptors (Lipinski definition) is 0. The van der Waals surface area contributed by atoms with Crippen molar-refractivity contribution < 1.29 is 0 Å². The fraction of sp³-hybridized carbons (Fsp3) is 0.405. The summed E-state index contributed by atoms with van der Waals surface area (Å²) in [5.74, 6) is 0. The van der Waals surface area contributed by atoms with Gasteiger partial charge >= 0.3 is 0 Å². The highest BCUT2D eigenvalue weighted by Crippen LogP contribution is 2.61. The highest BCUT2D eigenvalue weighted by atomic mass is 14.5. The largest absolute Gasteiger partial charge is 0.0827 e. The molecule has 194 valence electrons. The average Bonchev–Trinajstić information content (AvgIpc) is 3.22. The van der Waals surface area contributed by atoms with Crippen LogP contribution in [0.5, 0.6) is 0 Å². The first-order valence-corrected chi connectivity index (χ1v) is 14.4. The van der Waals surface area contributed by atoms with Crippen molar-refractivity contribution in [2.75, 3.05) is 0 Å². The van der Waals surface area contributed by atoms with Crippen molar-refractivity contribution in [3.8, 4) is 11.1 Å². The fourth-order valence-corrected chi connectivity index (χ4v) is 7.09. The van der Waals surface area contributed by atoms with Crippen LogP contribution >= 0.6 is 0 Å². The van der Waals surface area contributed by atoms with E-state index in [0.29, 0.717) is 0 Å². The van der Waals surface area contributed by atoms with Crippen LogP contribution in [0.1, 0.15) is 107 Å². The summed E-state index contributed by atoms with van der Waals surface area (Å²) in [5.41, 5.74) is 10.7. The van der Waals surface area contributed by atoms with Crippen molar-refractivity contribution in [1.29, 1.82) is 0 Å². The van der Waals surface area contributed by atoms with Gasteiger partial charge in [0, 0.05) is 5.41 Å². The van der Waals surface area contributed by atoms with Crippen LogP contribution in [-0.2, 0) is 5.41 Å². The molecule has 4 aromatic carbocycles. The normalized spacial score (nSPS) is 16.7. The quantitative estimate of drug-likeness (QED) is 0.226. The molecular weight excluding hydrogens is 444 g/mol. The maximum Gasteiger partial charge on any atom is 0.0256 e. The third-order valence-corrected chi connectivity index (χ3v) is 8.73. The third-order valence-electron chi connectivity index (χ3n) is 8.73. The van der Waals surface area contributed by atoms with Gasteiger partial charge in [-0.25, -0.2) is 0 Å². The molecule has 0 bridgehead atoms. The smallest absolute Gasteiger partial charge is 0.0256 e. The van der Waals surface area contributed by atoms with E-state index in [1.807, 2.05) is 13.8 Å². The molecule has 0 radical (unpaired) electrons. The minimum Gasteiger partial charge on any atom is -0.0827 e. The summed E-state index contributed by atoms with van der Waals surface area (Å²) in [4.78, 5) is 0. The summed E-state index contributed by atoms with van der Waals surface area (Å²) >= 11 is 0. The van der Waals surface area contributed by atoms with Gasteiger partial charge in [-0.05, 0) is 87.2 Å². The van der Waals surface area contributed by atoms with Crippen LogP contribution in [0, 0.1) is 13.8 Å². The van der Waals surface area contributed by atoms with E-state index < -0.39 is 0 Å². The summed E-state index contributed by atoms with van der Waals surface area (Å²) < 4.78 is 0. The Kier molecular flexibility index (Phi) is 8.27. The molecule has 1 unspecified atom stereocenters. The molecule has 2 aliphatic carbocycles. The van der Waals surface area contributed by atoms with Gasteiger partial charge in [0.15, 0.2) is 0 Å². The molecule has 0 fully saturated rings. The van der Waals surface area contributed by atoms with E-state index in [0.717, 1.165) is 6.42 Å². The molecule has 0 aromatic heterocycles. The van der Waals surface area contributed by atoms with E-state index in [-0.39, 0.29) is 12.8 Å². The fourth-order valence-electron chi connectivity index (χ4n) is 7.09. The second-order valence-corrected chi connectivity index (χ2v) is 10.7. The van der Waals surface area contributed by atoms with E-state index in [9.17, 15) is 0 Å². The van der Waals surface area contributed by atoms with Gasteiger partial charge in [0.2, 0.25) is 0 Å². The topological polar surface area (TPSA) is 0 Å². The van der Waals surface area contributed by atoms with Gasteiger partial charge in [-0.15, -0.1) is 0 Å². The molecule has 0 spiro atoms. The number of rotatable bonds is 7. The minimum absolute atomic E-state index is 0. The lowest BCUT2D eigenvalue weighted by atomic mass is 9.67. The predicted molar refractivity (Wildman–Crippen MR) is 167 cm³/mol. The zero-order chi connectivity index (χ0) is 25.3. The highest BCUT2D eigenvalue weighted by Gasteiger charge is 2.46. The van der Waals surface area contributed by atoms with Crippen LogP contribution in [0.2, 0.25) is 0 Å². The standard InChI is InChI=1S/C34H36.C2H6.CH4/c1-4-5-6-7-8-13-20-34-21-14-19-27-24(3)26-16-10-12-18-29(26)32(33(27)34)31-28-17-11-9-15-25(28)23(2)22-30(31)34;1-2;/h9-12,14-19,22H,4-8,13,20-21H2,1-3H3;1-2H3;1H4. The maximum atomic E-state index is 2.56. The van der Waals surface area contributed by atoms with Crippen LogP contribution in [-0.4, -0.2) is 0 Å². The zero-order valence-electron chi connectivity index (χ0n) is 23.0. The Labute approximate surface area is 225 Å². The van der Waals surface area contributed by atoms with Gasteiger partial charge in [0.05, 0.1) is 0 Å². The Balaban J connectivity index is 0.00000104. The molecule has 0 heteroatoms. The first-order chi connectivity index (χ1) is 17.7. The minimum atomic E-state index is 0. The number of unbranched alkanes of at least 4 members (excludes halogenated alkanes) is 5. The van der Waals surface area contributed by atoms with Crippen molar-refractivity contribution >= 4 is 27.6 Å². The summed E-state index contributed by atoms with van der Waals surface area (Å²) in [7, 11) is 0. The monoisotopic (exact) mass is 490 g/mol. The summed E-state index contributed by atoms with van der Waals surface area (Å²) in [6, 6.07) is 20.8. The molecule has 0 saturated heterocycles. The number of allylic oxidation sites excluding steroid dienone is 1. The Hall–Kier alpha value is -2.86. The van der Waals surface area contributed by atoms with Crippen molar-refractivity contribution in [3.63, 3.8) is 0 Å². The first-order valence-electron chi connectivity index (χ1n) is 14.4. The Morgan fingerprint density at radius 2 is 1.32 bits per heavy atom. The number of fused-ring (bicyclic) bond motifs is 7. The van der Waals surface area contributed by atoms with Crippen LogP contribution in [0.15, 0.2) is 60.7 Å². The van der Waals surface area contributed by atoms with E-state index in [2.05, 4.69) is 87.5 Å². The lowest BCUT2D eigenvalue weighted by Gasteiger charge is -2.36. The molecule has 37 heavy (non-hydrogen) atoms. The Morgan fingerprint density at radius 3 is 2.03 bits per heavy atom. The van der Waals surface area contributed by atoms with E-state index in [4.69, 9.17) is 0 Å². The predicted octanol–water partition coefficient (Wildman–Crippen LogP) is 11.7. The highest BCUT2D eigenvalue weighted by molar-refractivity contribution is 6.14. The number of benzene rings is 4. The molecule has 4 aromatic rings. The maximum absolute atomic E-state index is 2.56. The van der Waals surface area contributed by atoms with Crippen molar-refractivity contribution in [1.82, 2.24) is 0 Å². The van der Waals surface area contributed by atoms with E-state index in [1.54, 1.807) is 11.1 Å². The molecule has 0 N–H and O–H groups in total. The van der Waals surface area contributed by atoms with Crippen LogP contribution in [0.3, 0.4) is 0 Å². The van der Waals surface area contributed by atoms with Gasteiger partial charge in [0.1, 0.15) is 0 Å². The summed E-state index contributed by atoms with van der Waals surface area (Å²) in [5, 5.41) is 5.69. The second kappa shape index (κ2) is 11.3. The molecule has 0 nitrogen and oxygen atoms in total. The molecule has 0 amide bonds. The molecule has 0 heterocycles. The Morgan fingerprint density at radius 1 is 0.730 bits per heavy atom. The molecule has 6 rings (SSSR count). The lowest BCUT2D eigenvalue weighted by molar-refractivity contribution is 0.447. The summed E-state index contributed by atoms with van der Waals surface area (Å²) in [6.45, 7) is 11.0. The average molecular weight is 491 g/mol. The zero-order valence-corrected chi connectivity index (χ0v) is 23.0. The van der Waals surface area contributed by atoms with Crippen molar-refractivity contribution in [2.24, 2.45) is 0 Å². The molecule has 1 atom stereocenters. The van der Waals surface area contributed by atoms with E-state index >= 15 is 0 Å². The molecular formula is C37H46. The van der Waals surface area contributed by atoms with Gasteiger partial charge < -0.3 is 0 Å². The Bertz CT molecular complexity index is 1430. The van der Waals surface area contributed by atoms with Gasteiger partial charge in [-0.1, -0.05) is 133 Å². The number of hydrogen-bond donors (Lipinski definition) is 0. The second-order valence-electron chi connectivity index (χ2n) is 10.7. The van der Waals surface area contributed by atoms with Crippen molar-refractivity contribution in [2.45, 2.75) is 98.8 Å². The van der Waals surface area contributed by atoms with Crippen LogP contribution in [0.25, 0.3) is 38.7 Å². The third kappa shape index (κ3) is 4.23. The molecule has 2 aliphatic rings. The van der Waals surface area contributed by atoms with Crippen molar-refractivity contribution in [3.05, 3.63) is 88.5 Å². The lowest BCUT2D eigenvalue weighted by Crippen LogP contribution is -2.28. The number of aryl methyl sites for hydroxylation is 2.